The quantitative estimate of drug-likeness (QED) is 0.594. The van der Waals surface area contributed by atoms with E-state index >= 15 is 0 Å². The Bertz CT molecular complexity index is 907. The molecule has 22 heavy (non-hydrogen) atoms. The second kappa shape index (κ2) is 5.10. The van der Waals surface area contributed by atoms with Crippen molar-refractivity contribution in [2.75, 3.05) is 0 Å². The van der Waals surface area contributed by atoms with Gasteiger partial charge in [-0.1, -0.05) is 13.8 Å². The Hall–Kier alpha value is -2.96. The van der Waals surface area contributed by atoms with E-state index in [0.29, 0.717) is 16.9 Å². The van der Waals surface area contributed by atoms with Crippen molar-refractivity contribution < 1.29 is 4.92 Å². The molecular formula is C15H14N4O3. The molecule has 112 valence electrons. The number of H-pyrrole nitrogens is 1. The van der Waals surface area contributed by atoms with Crippen LogP contribution < -0.4 is 5.56 Å². The largest absolute Gasteiger partial charge is 0.293 e. The van der Waals surface area contributed by atoms with Crippen LogP contribution in [0.1, 0.15) is 25.5 Å². The van der Waals surface area contributed by atoms with Crippen LogP contribution in [0.25, 0.3) is 16.9 Å². The first-order chi connectivity index (χ1) is 10.5. The molecule has 0 amide bonds. The molecule has 7 nitrogen and oxygen atoms in total. The van der Waals surface area contributed by atoms with Gasteiger partial charge in [0.25, 0.3) is 11.2 Å². The van der Waals surface area contributed by atoms with Gasteiger partial charge < -0.3 is 0 Å². The zero-order chi connectivity index (χ0) is 15.9. The van der Waals surface area contributed by atoms with Crippen molar-refractivity contribution >= 4 is 11.3 Å². The van der Waals surface area contributed by atoms with Crippen molar-refractivity contribution in [3.8, 4) is 11.3 Å². The van der Waals surface area contributed by atoms with Gasteiger partial charge in [-0.25, -0.2) is 9.50 Å². The lowest BCUT2D eigenvalue weighted by Gasteiger charge is -2.01. The molecule has 0 saturated heterocycles. The molecule has 0 unspecified atom stereocenters. The third-order valence-electron chi connectivity index (χ3n) is 3.47. The van der Waals surface area contributed by atoms with E-state index in [9.17, 15) is 14.9 Å². The van der Waals surface area contributed by atoms with Crippen molar-refractivity contribution in [1.82, 2.24) is 14.6 Å². The average molecular weight is 298 g/mol. The molecule has 0 saturated carbocycles. The number of non-ortho nitro benzene ring substituents is 1. The maximum Gasteiger partial charge on any atom is 0.273 e. The second-order valence-electron chi connectivity index (χ2n) is 5.34. The molecule has 1 aromatic carbocycles. The molecule has 0 spiro atoms. The topological polar surface area (TPSA) is 93.3 Å². The highest BCUT2D eigenvalue weighted by Gasteiger charge is 2.11. The van der Waals surface area contributed by atoms with Gasteiger partial charge >= 0.3 is 0 Å². The van der Waals surface area contributed by atoms with Gasteiger partial charge in [0.15, 0.2) is 5.65 Å². The van der Waals surface area contributed by atoms with Crippen molar-refractivity contribution in [3.05, 3.63) is 62.6 Å². The number of rotatable bonds is 3. The van der Waals surface area contributed by atoms with Crippen LogP contribution in [0.15, 0.2) is 41.2 Å². The Kier molecular flexibility index (Phi) is 3.25. The summed E-state index contributed by atoms with van der Waals surface area (Å²) in [6.07, 6.45) is 0. The molecule has 0 bridgehead atoms. The Balaban J connectivity index is 2.11. The molecule has 0 aliphatic heterocycles. The summed E-state index contributed by atoms with van der Waals surface area (Å²) < 4.78 is 1.39. The van der Waals surface area contributed by atoms with E-state index in [-0.39, 0.29) is 17.2 Å². The molecule has 0 fully saturated rings. The molecule has 2 aromatic heterocycles. The lowest BCUT2D eigenvalue weighted by Crippen LogP contribution is -2.14. The van der Waals surface area contributed by atoms with E-state index in [2.05, 4.69) is 10.1 Å². The normalized spacial score (nSPS) is 11.2. The maximum absolute atomic E-state index is 12.2. The highest BCUT2D eigenvalue weighted by Crippen LogP contribution is 2.21. The van der Waals surface area contributed by atoms with E-state index in [0.717, 1.165) is 5.69 Å². The van der Waals surface area contributed by atoms with Gasteiger partial charge in [-0.05, 0) is 18.1 Å². The minimum absolute atomic E-state index is 0.00490. The molecule has 3 aromatic rings. The third-order valence-corrected chi connectivity index (χ3v) is 3.47. The number of benzene rings is 1. The Labute approximate surface area is 125 Å². The number of aromatic amines is 1. The van der Waals surface area contributed by atoms with Gasteiger partial charge in [-0.2, -0.15) is 0 Å². The smallest absolute Gasteiger partial charge is 0.273 e. The number of aromatic nitrogens is 3. The minimum atomic E-state index is -0.462. The zero-order valence-corrected chi connectivity index (χ0v) is 12.1. The van der Waals surface area contributed by atoms with Crippen molar-refractivity contribution in [2.24, 2.45) is 0 Å². The highest BCUT2D eigenvalue weighted by atomic mass is 16.6. The van der Waals surface area contributed by atoms with E-state index in [1.54, 1.807) is 12.1 Å². The Morgan fingerprint density at radius 2 is 1.91 bits per heavy atom. The van der Waals surface area contributed by atoms with E-state index in [4.69, 9.17) is 0 Å². The van der Waals surface area contributed by atoms with Crippen LogP contribution in [0.3, 0.4) is 0 Å². The molecule has 2 heterocycles. The van der Waals surface area contributed by atoms with E-state index in [1.807, 2.05) is 19.9 Å². The number of nitrogens with one attached hydrogen (secondary N) is 1. The predicted molar refractivity (Wildman–Crippen MR) is 82.0 cm³/mol. The Morgan fingerprint density at radius 3 is 2.50 bits per heavy atom. The van der Waals surface area contributed by atoms with E-state index < -0.39 is 4.92 Å². The Morgan fingerprint density at radius 1 is 1.23 bits per heavy atom. The monoisotopic (exact) mass is 298 g/mol. The van der Waals surface area contributed by atoms with Crippen molar-refractivity contribution in [3.63, 3.8) is 0 Å². The van der Waals surface area contributed by atoms with Crippen LogP contribution in [0.4, 0.5) is 5.69 Å². The van der Waals surface area contributed by atoms with Crippen LogP contribution in [-0.4, -0.2) is 19.5 Å². The fraction of sp³-hybridized carbons (Fsp3) is 0.200. The molecule has 0 atom stereocenters. The first-order valence-corrected chi connectivity index (χ1v) is 6.83. The first-order valence-electron chi connectivity index (χ1n) is 6.83. The molecule has 1 N–H and O–H groups in total. The SMILES string of the molecule is CC(C)c1cc2nc(-c3ccc([N+](=O)[O-])cc3)cc(=O)n2[nH]1. The van der Waals surface area contributed by atoms with Crippen molar-refractivity contribution in [2.45, 2.75) is 19.8 Å². The third kappa shape index (κ3) is 2.37. The highest BCUT2D eigenvalue weighted by molar-refractivity contribution is 5.63. The number of nitro benzene ring substituents is 1. The standard InChI is InChI=1S/C15H14N4O3/c1-9(2)12-7-14-16-13(8-15(20)18(14)17-12)10-3-5-11(6-4-10)19(21)22/h3-9,17H,1-2H3. The fourth-order valence-electron chi connectivity index (χ4n) is 2.21. The number of nitro groups is 1. The summed E-state index contributed by atoms with van der Waals surface area (Å²) in [6, 6.07) is 9.22. The minimum Gasteiger partial charge on any atom is -0.293 e. The summed E-state index contributed by atoms with van der Waals surface area (Å²) in [4.78, 5) is 26.8. The number of fused-ring (bicyclic) bond motifs is 1. The lowest BCUT2D eigenvalue weighted by molar-refractivity contribution is -0.384. The van der Waals surface area contributed by atoms with Gasteiger partial charge in [-0.3, -0.25) is 20.0 Å². The zero-order valence-electron chi connectivity index (χ0n) is 12.1. The summed E-state index contributed by atoms with van der Waals surface area (Å²) in [5.74, 6) is 0.254. The van der Waals surface area contributed by atoms with Crippen LogP contribution in [0, 0.1) is 10.1 Å². The fourth-order valence-corrected chi connectivity index (χ4v) is 2.21. The predicted octanol–water partition coefficient (Wildman–Crippen LogP) is 2.72. The number of hydrogen-bond donors (Lipinski definition) is 1. The van der Waals surface area contributed by atoms with Crippen LogP contribution in [0.2, 0.25) is 0 Å². The van der Waals surface area contributed by atoms with Crippen LogP contribution in [-0.2, 0) is 0 Å². The summed E-state index contributed by atoms with van der Waals surface area (Å²) in [7, 11) is 0. The van der Waals surface area contributed by atoms with E-state index in [1.165, 1.54) is 22.7 Å². The van der Waals surface area contributed by atoms with Crippen molar-refractivity contribution in [1.29, 1.82) is 0 Å². The summed E-state index contributed by atoms with van der Waals surface area (Å²) in [6.45, 7) is 4.04. The molecule has 0 aliphatic rings. The number of hydrogen-bond acceptors (Lipinski definition) is 4. The molecule has 0 radical (unpaired) electrons. The maximum atomic E-state index is 12.2. The van der Waals surface area contributed by atoms with Gasteiger partial charge in [0, 0.05) is 35.5 Å². The van der Waals surface area contributed by atoms with Gasteiger partial charge in [0.2, 0.25) is 0 Å². The summed E-state index contributed by atoms with van der Waals surface area (Å²) in [5, 5.41) is 13.7. The van der Waals surface area contributed by atoms with Crippen LogP contribution >= 0.6 is 0 Å². The van der Waals surface area contributed by atoms with Crippen LogP contribution in [0.5, 0.6) is 0 Å². The molecule has 7 heteroatoms. The lowest BCUT2D eigenvalue weighted by atomic mass is 10.1. The average Bonchev–Trinajstić information content (AvgIpc) is 2.92. The van der Waals surface area contributed by atoms with Gasteiger partial charge in [-0.15, -0.1) is 0 Å². The summed E-state index contributed by atoms with van der Waals surface area (Å²) in [5.41, 5.74) is 2.40. The first kappa shape index (κ1) is 14.0. The number of nitrogens with zero attached hydrogens (tertiary/aromatic N) is 3. The molecular weight excluding hydrogens is 284 g/mol. The van der Waals surface area contributed by atoms with Gasteiger partial charge in [0.05, 0.1) is 10.6 Å². The van der Waals surface area contributed by atoms with Gasteiger partial charge in [0.1, 0.15) is 0 Å². The second-order valence-corrected chi connectivity index (χ2v) is 5.34. The molecule has 3 rings (SSSR count). The molecule has 0 aliphatic carbocycles. The summed E-state index contributed by atoms with van der Waals surface area (Å²) >= 11 is 0.